The number of aromatic amines is 2. The minimum atomic E-state index is -0.685. The van der Waals surface area contributed by atoms with E-state index in [1.807, 2.05) is 48.5 Å². The number of H-pyrrole nitrogens is 2. The van der Waals surface area contributed by atoms with Crippen LogP contribution in [0.15, 0.2) is 66.7 Å². The summed E-state index contributed by atoms with van der Waals surface area (Å²) in [7, 11) is 1.43. The van der Waals surface area contributed by atoms with Gasteiger partial charge in [-0.1, -0.05) is 48.0 Å². The van der Waals surface area contributed by atoms with Gasteiger partial charge in [-0.15, -0.1) is 0 Å². The third kappa shape index (κ3) is 4.60. The van der Waals surface area contributed by atoms with Crippen LogP contribution in [0.2, 0.25) is 5.15 Å². The molecule has 5 aromatic rings. The molecule has 0 aliphatic rings. The molecular weight excluding hydrogens is 483 g/mol. The van der Waals surface area contributed by atoms with Crippen molar-refractivity contribution >= 4 is 34.2 Å². The van der Waals surface area contributed by atoms with Crippen LogP contribution in [0.25, 0.3) is 22.2 Å². The van der Waals surface area contributed by atoms with Crippen molar-refractivity contribution in [3.63, 3.8) is 0 Å². The summed E-state index contributed by atoms with van der Waals surface area (Å²) in [6.45, 7) is 0. The fourth-order valence-corrected chi connectivity index (χ4v) is 4.27. The molecule has 0 unspecified atom stereocenters. The maximum atomic E-state index is 14.6. The van der Waals surface area contributed by atoms with Gasteiger partial charge in [-0.2, -0.15) is 5.10 Å². The molecule has 1 amide bonds. The van der Waals surface area contributed by atoms with Gasteiger partial charge in [0, 0.05) is 17.0 Å². The number of halogens is 2. The van der Waals surface area contributed by atoms with Gasteiger partial charge < -0.3 is 20.8 Å². The molecule has 2 aromatic heterocycles. The summed E-state index contributed by atoms with van der Waals surface area (Å²) in [5.74, 6) is -0.106. The zero-order valence-electron chi connectivity index (χ0n) is 19.2. The standard InChI is InChI=1S/C26H22ClFN6O2/c1-36-16-8-10-17(19(28)13-16)26(35)30-21(11-14-5-3-2-4-6-14)25-31-22(23(27)32-25)15-7-9-18-20(12-15)33-34-24(18)29/h2-10,12-13,21H,11H2,1H3,(H,30,35)(H,31,32)(H3,29,33,34)/t21-/m0/s1. The quantitative estimate of drug-likeness (QED) is 0.247. The lowest BCUT2D eigenvalue weighted by Crippen LogP contribution is -2.31. The molecule has 2 heterocycles. The third-order valence-electron chi connectivity index (χ3n) is 5.88. The van der Waals surface area contributed by atoms with Crippen molar-refractivity contribution in [2.24, 2.45) is 0 Å². The van der Waals surface area contributed by atoms with Crippen LogP contribution in [0.5, 0.6) is 5.75 Å². The van der Waals surface area contributed by atoms with Crippen molar-refractivity contribution in [3.05, 3.63) is 94.7 Å². The molecule has 0 bridgehead atoms. The number of amides is 1. The number of nitrogens with one attached hydrogen (secondary N) is 3. The molecule has 5 rings (SSSR count). The van der Waals surface area contributed by atoms with Crippen LogP contribution >= 0.6 is 11.6 Å². The first-order valence-corrected chi connectivity index (χ1v) is 11.5. The Morgan fingerprint density at radius 3 is 2.72 bits per heavy atom. The second-order valence-electron chi connectivity index (χ2n) is 8.22. The van der Waals surface area contributed by atoms with Crippen molar-refractivity contribution in [2.75, 3.05) is 12.8 Å². The van der Waals surface area contributed by atoms with Crippen LogP contribution in [-0.2, 0) is 6.42 Å². The number of benzene rings is 3. The summed E-state index contributed by atoms with van der Waals surface area (Å²) in [6, 6.07) is 18.6. The maximum Gasteiger partial charge on any atom is 0.254 e. The van der Waals surface area contributed by atoms with Gasteiger partial charge in [-0.3, -0.25) is 9.89 Å². The van der Waals surface area contributed by atoms with E-state index in [4.69, 9.17) is 27.1 Å². The molecule has 8 nitrogen and oxygen atoms in total. The number of fused-ring (bicyclic) bond motifs is 1. The Morgan fingerprint density at radius 1 is 1.17 bits per heavy atom. The highest BCUT2D eigenvalue weighted by Crippen LogP contribution is 2.31. The van der Waals surface area contributed by atoms with Crippen molar-refractivity contribution < 1.29 is 13.9 Å². The zero-order valence-corrected chi connectivity index (χ0v) is 19.9. The molecule has 0 radical (unpaired) electrons. The minimum Gasteiger partial charge on any atom is -0.497 e. The lowest BCUT2D eigenvalue weighted by molar-refractivity contribution is 0.0930. The minimum absolute atomic E-state index is 0.103. The summed E-state index contributed by atoms with van der Waals surface area (Å²) in [5.41, 5.74) is 8.72. The number of imidazole rings is 1. The van der Waals surface area contributed by atoms with Gasteiger partial charge in [0.1, 0.15) is 28.2 Å². The number of methoxy groups -OCH3 is 1. The Bertz CT molecular complexity index is 1550. The summed E-state index contributed by atoms with van der Waals surface area (Å²) in [5, 5.41) is 10.9. The fourth-order valence-electron chi connectivity index (χ4n) is 4.02. The Hall–Kier alpha value is -4.37. The van der Waals surface area contributed by atoms with Gasteiger partial charge in [0.15, 0.2) is 5.82 Å². The summed E-state index contributed by atoms with van der Waals surface area (Å²) in [6.07, 6.45) is 0.407. The van der Waals surface area contributed by atoms with E-state index in [0.29, 0.717) is 34.7 Å². The third-order valence-corrected chi connectivity index (χ3v) is 6.16. The summed E-state index contributed by atoms with van der Waals surface area (Å²) in [4.78, 5) is 20.8. The van der Waals surface area contributed by atoms with Crippen LogP contribution in [0.4, 0.5) is 10.2 Å². The Balaban J connectivity index is 1.49. The number of hydrogen-bond donors (Lipinski definition) is 4. The van der Waals surface area contributed by atoms with Crippen LogP contribution < -0.4 is 15.8 Å². The smallest absolute Gasteiger partial charge is 0.254 e. The van der Waals surface area contributed by atoms with E-state index in [1.54, 1.807) is 0 Å². The molecule has 36 heavy (non-hydrogen) atoms. The first-order chi connectivity index (χ1) is 17.4. The molecule has 0 aliphatic heterocycles. The fraction of sp³-hybridized carbons (Fsp3) is 0.115. The number of nitrogen functional groups attached to an aromatic ring is 1. The highest BCUT2D eigenvalue weighted by atomic mass is 35.5. The van der Waals surface area contributed by atoms with E-state index < -0.39 is 17.8 Å². The molecule has 182 valence electrons. The van der Waals surface area contributed by atoms with Crippen molar-refractivity contribution in [1.29, 1.82) is 0 Å². The van der Waals surface area contributed by atoms with Crippen molar-refractivity contribution in [3.8, 4) is 17.0 Å². The van der Waals surface area contributed by atoms with E-state index in [2.05, 4.69) is 20.5 Å². The van der Waals surface area contributed by atoms with E-state index in [-0.39, 0.29) is 5.56 Å². The number of anilines is 1. The summed E-state index contributed by atoms with van der Waals surface area (Å²) >= 11 is 6.54. The van der Waals surface area contributed by atoms with Gasteiger partial charge >= 0.3 is 0 Å². The molecule has 0 aliphatic carbocycles. The Kier molecular flexibility index (Phi) is 6.30. The Morgan fingerprint density at radius 2 is 1.97 bits per heavy atom. The normalized spacial score (nSPS) is 12.0. The molecule has 5 N–H and O–H groups in total. The second-order valence-corrected chi connectivity index (χ2v) is 8.59. The monoisotopic (exact) mass is 504 g/mol. The van der Waals surface area contributed by atoms with Crippen LogP contribution in [0.3, 0.4) is 0 Å². The molecule has 3 aromatic carbocycles. The second kappa shape index (κ2) is 9.71. The number of carbonyl (C=O) groups excluding carboxylic acids is 1. The highest BCUT2D eigenvalue weighted by Gasteiger charge is 2.24. The first-order valence-electron chi connectivity index (χ1n) is 11.1. The SMILES string of the molecule is COc1ccc(C(=O)N[C@@H](Cc2ccccc2)c2nc(-c3ccc4c(N)n[nH]c4c3)c(Cl)[nH]2)c(F)c1. The van der Waals surface area contributed by atoms with E-state index >= 15 is 0 Å². The number of rotatable bonds is 7. The number of carbonyl (C=O) groups is 1. The van der Waals surface area contributed by atoms with Crippen LogP contribution in [-0.4, -0.2) is 33.2 Å². The largest absolute Gasteiger partial charge is 0.497 e. The molecule has 1 atom stereocenters. The molecule has 0 spiro atoms. The van der Waals surface area contributed by atoms with E-state index in [0.717, 1.165) is 22.0 Å². The van der Waals surface area contributed by atoms with Gasteiger partial charge in [0.2, 0.25) is 0 Å². The average Bonchev–Trinajstić information content (AvgIpc) is 3.46. The lowest BCUT2D eigenvalue weighted by atomic mass is 10.0. The molecular formula is C26H22ClFN6O2. The predicted molar refractivity (Wildman–Crippen MR) is 136 cm³/mol. The Labute approximate surface area is 210 Å². The van der Waals surface area contributed by atoms with Crippen LogP contribution in [0.1, 0.15) is 27.8 Å². The van der Waals surface area contributed by atoms with Gasteiger partial charge in [0.25, 0.3) is 5.91 Å². The van der Waals surface area contributed by atoms with Gasteiger partial charge in [-0.05, 0) is 36.2 Å². The number of nitrogens with two attached hydrogens (primary N) is 1. The van der Waals surface area contributed by atoms with E-state index in [9.17, 15) is 9.18 Å². The van der Waals surface area contributed by atoms with Gasteiger partial charge in [-0.25, -0.2) is 9.37 Å². The molecule has 10 heteroatoms. The number of ether oxygens (including phenoxy) is 1. The van der Waals surface area contributed by atoms with Crippen molar-refractivity contribution in [1.82, 2.24) is 25.5 Å². The first kappa shape index (κ1) is 23.4. The van der Waals surface area contributed by atoms with E-state index in [1.165, 1.54) is 25.3 Å². The summed E-state index contributed by atoms with van der Waals surface area (Å²) < 4.78 is 19.6. The topological polar surface area (TPSA) is 122 Å². The zero-order chi connectivity index (χ0) is 25.2. The number of hydrogen-bond acceptors (Lipinski definition) is 5. The lowest BCUT2D eigenvalue weighted by Gasteiger charge is -2.17. The predicted octanol–water partition coefficient (Wildman–Crippen LogP) is 5.05. The maximum absolute atomic E-state index is 14.6. The van der Waals surface area contributed by atoms with Crippen molar-refractivity contribution in [2.45, 2.75) is 12.5 Å². The number of nitrogens with zero attached hydrogens (tertiary/aromatic N) is 2. The molecule has 0 fully saturated rings. The molecule has 0 saturated carbocycles. The molecule has 0 saturated heterocycles. The number of aromatic nitrogens is 4. The van der Waals surface area contributed by atoms with Crippen LogP contribution in [0, 0.1) is 5.82 Å². The highest BCUT2D eigenvalue weighted by molar-refractivity contribution is 6.32. The van der Waals surface area contributed by atoms with Gasteiger partial charge in [0.05, 0.1) is 24.2 Å². The average molecular weight is 505 g/mol.